The normalized spacial score (nSPS) is 17.9. The minimum absolute atomic E-state index is 0.0345. The van der Waals surface area contributed by atoms with Crippen LogP contribution in [0.2, 0.25) is 0 Å². The predicted octanol–water partition coefficient (Wildman–Crippen LogP) is 2.41. The minimum atomic E-state index is -2.24. The fourth-order valence-electron chi connectivity index (χ4n) is 2.29. The Morgan fingerprint density at radius 3 is 2.57 bits per heavy atom. The van der Waals surface area contributed by atoms with Gasteiger partial charge >= 0.3 is 0 Å². The second-order valence-electron chi connectivity index (χ2n) is 5.80. The monoisotopic (exact) mass is 333 g/mol. The molecule has 23 heavy (non-hydrogen) atoms. The molecule has 0 spiro atoms. The first-order chi connectivity index (χ1) is 11.0. The first kappa shape index (κ1) is 15.9. The van der Waals surface area contributed by atoms with Crippen molar-refractivity contribution in [2.24, 2.45) is 0 Å². The summed E-state index contributed by atoms with van der Waals surface area (Å²) in [4.78, 5) is 12.5. The topological polar surface area (TPSA) is 89.0 Å². The molecule has 2 aromatic rings. The second-order valence-corrected chi connectivity index (χ2v) is 9.02. The Labute approximate surface area is 135 Å². The summed E-state index contributed by atoms with van der Waals surface area (Å²) in [6, 6.07) is 7.45. The molecule has 3 rings (SSSR count). The van der Waals surface area contributed by atoms with Crippen LogP contribution in [0.25, 0.3) is 0 Å². The van der Waals surface area contributed by atoms with Gasteiger partial charge in [-0.2, -0.15) is 4.98 Å². The van der Waals surface area contributed by atoms with E-state index < -0.39 is 7.14 Å². The maximum atomic E-state index is 12.0. The lowest BCUT2D eigenvalue weighted by atomic mass is 10.3. The molecule has 1 fully saturated rings. The molecule has 1 aliphatic rings. The zero-order valence-electron chi connectivity index (χ0n) is 13.2. The van der Waals surface area contributed by atoms with Crippen molar-refractivity contribution in [2.75, 3.05) is 30.6 Å². The third-order valence-corrected chi connectivity index (χ3v) is 5.08. The molecular formula is C15H20N5O2P. The van der Waals surface area contributed by atoms with Crippen LogP contribution in [0.4, 0.5) is 17.6 Å². The van der Waals surface area contributed by atoms with E-state index in [-0.39, 0.29) is 6.23 Å². The SMILES string of the molecule is CP(C)(=O)c1ccc(Nc2ncnc(NC3CCCO3)n2)cc1. The molecule has 2 N–H and O–H groups in total. The molecule has 122 valence electrons. The van der Waals surface area contributed by atoms with Gasteiger partial charge < -0.3 is 19.9 Å². The van der Waals surface area contributed by atoms with Crippen LogP contribution in [0.15, 0.2) is 30.6 Å². The standard InChI is InChI=1S/C15H20N5O2P/c1-23(2,21)12-7-5-11(6-8-12)18-14-16-10-17-15(20-14)19-13-4-3-9-22-13/h5-8,10,13H,3-4,9H2,1-2H3,(H2,16,17,18,19,20). The molecule has 8 heteroatoms. The highest BCUT2D eigenvalue weighted by Crippen LogP contribution is 2.34. The molecule has 7 nitrogen and oxygen atoms in total. The minimum Gasteiger partial charge on any atom is -0.359 e. The number of anilines is 3. The van der Waals surface area contributed by atoms with Gasteiger partial charge in [0.05, 0.1) is 0 Å². The fraction of sp³-hybridized carbons (Fsp3) is 0.400. The molecule has 1 atom stereocenters. The van der Waals surface area contributed by atoms with Gasteiger partial charge in [-0.05, 0) is 50.4 Å². The van der Waals surface area contributed by atoms with Crippen LogP contribution in [-0.2, 0) is 9.30 Å². The Bertz CT molecular complexity index is 710. The summed E-state index contributed by atoms with van der Waals surface area (Å²) in [7, 11) is -2.24. The van der Waals surface area contributed by atoms with Crippen molar-refractivity contribution < 1.29 is 9.30 Å². The van der Waals surface area contributed by atoms with Crippen molar-refractivity contribution in [3.8, 4) is 0 Å². The van der Waals surface area contributed by atoms with Crippen LogP contribution in [0, 0.1) is 0 Å². The lowest BCUT2D eigenvalue weighted by Gasteiger charge is -2.12. The lowest BCUT2D eigenvalue weighted by Crippen LogP contribution is -2.19. The number of rotatable bonds is 5. The molecule has 0 bridgehead atoms. The van der Waals surface area contributed by atoms with Gasteiger partial charge in [0.2, 0.25) is 11.9 Å². The Balaban J connectivity index is 1.68. The zero-order chi connectivity index (χ0) is 16.3. The molecule has 1 saturated heterocycles. The molecule has 0 radical (unpaired) electrons. The number of hydrogen-bond acceptors (Lipinski definition) is 7. The summed E-state index contributed by atoms with van der Waals surface area (Å²) in [6.07, 6.45) is 3.41. The van der Waals surface area contributed by atoms with Crippen molar-refractivity contribution in [1.29, 1.82) is 0 Å². The molecule has 1 aliphatic heterocycles. The van der Waals surface area contributed by atoms with Gasteiger partial charge in [-0.25, -0.2) is 9.97 Å². The van der Waals surface area contributed by atoms with E-state index in [2.05, 4.69) is 25.6 Å². The summed E-state index contributed by atoms with van der Waals surface area (Å²) in [5.74, 6) is 0.932. The molecular weight excluding hydrogens is 313 g/mol. The van der Waals surface area contributed by atoms with E-state index in [0.717, 1.165) is 30.4 Å². The van der Waals surface area contributed by atoms with Gasteiger partial charge in [0.1, 0.15) is 19.7 Å². The average molecular weight is 333 g/mol. The molecule has 1 aromatic heterocycles. The number of ether oxygens (including phenoxy) is 1. The number of aromatic nitrogens is 3. The maximum absolute atomic E-state index is 12.0. The van der Waals surface area contributed by atoms with Crippen LogP contribution >= 0.6 is 7.14 Å². The highest BCUT2D eigenvalue weighted by Gasteiger charge is 2.16. The van der Waals surface area contributed by atoms with E-state index in [1.807, 2.05) is 24.3 Å². The highest BCUT2D eigenvalue weighted by atomic mass is 31.2. The summed E-state index contributed by atoms with van der Waals surface area (Å²) in [5.41, 5.74) is 0.830. The number of hydrogen-bond donors (Lipinski definition) is 2. The fourth-order valence-corrected chi connectivity index (χ4v) is 3.16. The van der Waals surface area contributed by atoms with Crippen molar-refractivity contribution in [1.82, 2.24) is 15.0 Å². The Hall–Kier alpha value is -1.98. The summed E-state index contributed by atoms with van der Waals surface area (Å²) in [5, 5.41) is 7.10. The summed E-state index contributed by atoms with van der Waals surface area (Å²) < 4.78 is 17.5. The van der Waals surface area contributed by atoms with Crippen LogP contribution in [-0.4, -0.2) is 41.1 Å². The average Bonchev–Trinajstić information content (AvgIpc) is 3.00. The first-order valence-electron chi connectivity index (χ1n) is 7.50. The van der Waals surface area contributed by atoms with E-state index in [0.29, 0.717) is 11.9 Å². The second kappa shape index (κ2) is 6.64. The van der Waals surface area contributed by atoms with Crippen molar-refractivity contribution in [2.45, 2.75) is 19.1 Å². The van der Waals surface area contributed by atoms with E-state index in [1.165, 1.54) is 6.33 Å². The van der Waals surface area contributed by atoms with E-state index in [4.69, 9.17) is 4.74 Å². The van der Waals surface area contributed by atoms with Crippen LogP contribution < -0.4 is 15.9 Å². The third-order valence-electron chi connectivity index (χ3n) is 3.54. The highest BCUT2D eigenvalue weighted by molar-refractivity contribution is 7.70. The maximum Gasteiger partial charge on any atom is 0.231 e. The van der Waals surface area contributed by atoms with E-state index >= 15 is 0 Å². The Kier molecular flexibility index (Phi) is 4.59. The number of benzene rings is 1. The van der Waals surface area contributed by atoms with Crippen molar-refractivity contribution >= 4 is 30.0 Å². The smallest absolute Gasteiger partial charge is 0.231 e. The van der Waals surface area contributed by atoms with Gasteiger partial charge in [-0.15, -0.1) is 0 Å². The van der Waals surface area contributed by atoms with Crippen molar-refractivity contribution in [3.63, 3.8) is 0 Å². The Morgan fingerprint density at radius 1 is 1.17 bits per heavy atom. The largest absolute Gasteiger partial charge is 0.359 e. The summed E-state index contributed by atoms with van der Waals surface area (Å²) >= 11 is 0. The molecule has 1 unspecified atom stereocenters. The zero-order valence-corrected chi connectivity index (χ0v) is 14.1. The number of nitrogens with zero attached hydrogens (tertiary/aromatic N) is 3. The molecule has 2 heterocycles. The lowest BCUT2D eigenvalue weighted by molar-refractivity contribution is 0.131. The van der Waals surface area contributed by atoms with Gasteiger partial charge in [-0.3, -0.25) is 0 Å². The van der Waals surface area contributed by atoms with Gasteiger partial charge in [0, 0.05) is 17.6 Å². The van der Waals surface area contributed by atoms with E-state index in [1.54, 1.807) is 13.3 Å². The molecule has 0 amide bonds. The van der Waals surface area contributed by atoms with Gasteiger partial charge in [-0.1, -0.05) is 0 Å². The van der Waals surface area contributed by atoms with Crippen LogP contribution in [0.1, 0.15) is 12.8 Å². The third kappa shape index (κ3) is 4.27. The van der Waals surface area contributed by atoms with Gasteiger partial charge in [0.25, 0.3) is 0 Å². The Morgan fingerprint density at radius 2 is 1.91 bits per heavy atom. The summed E-state index contributed by atoms with van der Waals surface area (Å²) in [6.45, 7) is 4.27. The number of nitrogens with one attached hydrogen (secondary N) is 2. The van der Waals surface area contributed by atoms with Crippen LogP contribution in [0.3, 0.4) is 0 Å². The molecule has 0 saturated carbocycles. The molecule has 0 aliphatic carbocycles. The van der Waals surface area contributed by atoms with Crippen molar-refractivity contribution in [3.05, 3.63) is 30.6 Å². The van der Waals surface area contributed by atoms with Gasteiger partial charge in [0.15, 0.2) is 0 Å². The van der Waals surface area contributed by atoms with E-state index in [9.17, 15) is 4.57 Å². The molecule has 1 aromatic carbocycles. The predicted molar refractivity (Wildman–Crippen MR) is 91.2 cm³/mol. The van der Waals surface area contributed by atoms with Crippen LogP contribution in [0.5, 0.6) is 0 Å². The first-order valence-corrected chi connectivity index (χ1v) is 10.1. The quantitative estimate of drug-likeness (QED) is 0.812.